The van der Waals surface area contributed by atoms with Gasteiger partial charge in [-0.3, -0.25) is 5.43 Å². The first-order valence-corrected chi connectivity index (χ1v) is 5.13. The van der Waals surface area contributed by atoms with Crippen LogP contribution in [0.25, 0.3) is 10.4 Å². The van der Waals surface area contributed by atoms with E-state index in [0.29, 0.717) is 0 Å². The first kappa shape index (κ1) is 10.3. The molecule has 0 aliphatic rings. The van der Waals surface area contributed by atoms with Gasteiger partial charge >= 0.3 is 6.07 Å². The molecule has 0 bridgehead atoms. The molecule has 0 radical (unpaired) electrons. The molecule has 2 rings (SSSR count). The van der Waals surface area contributed by atoms with E-state index >= 15 is 0 Å². The lowest BCUT2D eigenvalue weighted by molar-refractivity contribution is 1.46. The SMILES string of the molecule is Cc1ccc(C#[N+][N-]c2ccccc2)cc1. The molecule has 0 unspecified atom stereocenters. The molecule has 0 saturated carbocycles. The van der Waals surface area contributed by atoms with Crippen LogP contribution in [0.3, 0.4) is 0 Å². The van der Waals surface area contributed by atoms with Gasteiger partial charge < -0.3 is 0 Å². The Morgan fingerprint density at radius 1 is 0.938 bits per heavy atom. The summed E-state index contributed by atoms with van der Waals surface area (Å²) in [4.78, 5) is 3.92. The van der Waals surface area contributed by atoms with Gasteiger partial charge in [0.25, 0.3) is 0 Å². The van der Waals surface area contributed by atoms with Crippen molar-refractivity contribution in [3.63, 3.8) is 0 Å². The van der Waals surface area contributed by atoms with E-state index in [9.17, 15) is 0 Å². The minimum absolute atomic E-state index is 0.835. The molecule has 0 fully saturated rings. The van der Waals surface area contributed by atoms with Crippen LogP contribution < -0.4 is 0 Å². The summed E-state index contributed by atoms with van der Waals surface area (Å²) in [5.74, 6) is 0. The zero-order chi connectivity index (χ0) is 11.2. The first-order chi connectivity index (χ1) is 7.84. The summed E-state index contributed by atoms with van der Waals surface area (Å²) >= 11 is 0. The molecule has 0 aliphatic carbocycles. The summed E-state index contributed by atoms with van der Waals surface area (Å²) in [7, 11) is 0. The van der Waals surface area contributed by atoms with Crippen molar-refractivity contribution in [2.45, 2.75) is 6.92 Å². The summed E-state index contributed by atoms with van der Waals surface area (Å²) in [6.07, 6.45) is 0. The largest absolute Gasteiger partial charge is 0.309 e. The molecular weight excluding hydrogens is 196 g/mol. The van der Waals surface area contributed by atoms with Crippen molar-refractivity contribution >= 4 is 5.69 Å². The molecule has 0 aliphatic heterocycles. The molecule has 2 aromatic rings. The molecule has 2 nitrogen and oxygen atoms in total. The van der Waals surface area contributed by atoms with E-state index in [4.69, 9.17) is 0 Å². The Balaban J connectivity index is 2.03. The Kier molecular flexibility index (Phi) is 3.20. The van der Waals surface area contributed by atoms with Gasteiger partial charge in [-0.2, -0.15) is 0 Å². The molecule has 0 spiro atoms. The van der Waals surface area contributed by atoms with Crippen molar-refractivity contribution in [2.24, 2.45) is 0 Å². The molecule has 2 heteroatoms. The minimum Gasteiger partial charge on any atom is -0.278 e. The lowest BCUT2D eigenvalue weighted by Gasteiger charge is -1.97. The lowest BCUT2D eigenvalue weighted by Crippen LogP contribution is -1.73. The lowest BCUT2D eigenvalue weighted by atomic mass is 10.2. The molecule has 0 saturated heterocycles. The fourth-order valence-corrected chi connectivity index (χ4v) is 1.26. The Labute approximate surface area is 95.3 Å². The predicted molar refractivity (Wildman–Crippen MR) is 67.0 cm³/mol. The van der Waals surface area contributed by atoms with Crippen LogP contribution in [0.15, 0.2) is 54.6 Å². The van der Waals surface area contributed by atoms with Crippen molar-refractivity contribution < 1.29 is 0 Å². The highest BCUT2D eigenvalue weighted by atomic mass is 15.3. The van der Waals surface area contributed by atoms with Crippen molar-refractivity contribution in [1.29, 1.82) is 0 Å². The maximum Gasteiger partial charge on any atom is 0.309 e. The summed E-state index contributed by atoms with van der Waals surface area (Å²) in [6.45, 7) is 2.05. The monoisotopic (exact) mass is 208 g/mol. The van der Waals surface area contributed by atoms with E-state index < -0.39 is 0 Å². The van der Waals surface area contributed by atoms with Crippen LogP contribution >= 0.6 is 0 Å². The first-order valence-electron chi connectivity index (χ1n) is 5.13. The van der Waals surface area contributed by atoms with Gasteiger partial charge in [-0.25, -0.2) is 0 Å². The summed E-state index contributed by atoms with van der Waals surface area (Å²) < 4.78 is 0. The highest BCUT2D eigenvalue weighted by Crippen LogP contribution is 2.16. The number of nitrogens with zero attached hydrogens (tertiary/aromatic N) is 2. The van der Waals surface area contributed by atoms with Crippen LogP contribution in [0, 0.1) is 13.0 Å². The van der Waals surface area contributed by atoms with Crippen LogP contribution in [-0.4, -0.2) is 0 Å². The number of rotatable bonds is 1. The van der Waals surface area contributed by atoms with E-state index in [1.165, 1.54) is 5.56 Å². The van der Waals surface area contributed by atoms with Gasteiger partial charge in [0.05, 0.1) is 0 Å². The fraction of sp³-hybridized carbons (Fsp3) is 0.0714. The molecule has 16 heavy (non-hydrogen) atoms. The third-order valence-electron chi connectivity index (χ3n) is 2.15. The molecule has 0 N–H and O–H groups in total. The molecular formula is C14H12N2. The number of aryl methyl sites for hydroxylation is 1. The van der Waals surface area contributed by atoms with Gasteiger partial charge in [-0.15, -0.1) is 0 Å². The molecule has 2 aromatic carbocycles. The Morgan fingerprint density at radius 3 is 2.31 bits per heavy atom. The summed E-state index contributed by atoms with van der Waals surface area (Å²) in [5.41, 5.74) is 7.04. The predicted octanol–water partition coefficient (Wildman–Crippen LogP) is 4.30. The van der Waals surface area contributed by atoms with Gasteiger partial charge in [0.15, 0.2) is 0 Å². The van der Waals surface area contributed by atoms with Gasteiger partial charge in [0.1, 0.15) is 5.56 Å². The van der Waals surface area contributed by atoms with Crippen molar-refractivity contribution in [3.8, 4) is 6.07 Å². The Morgan fingerprint density at radius 2 is 1.62 bits per heavy atom. The van der Waals surface area contributed by atoms with E-state index in [1.54, 1.807) is 0 Å². The van der Waals surface area contributed by atoms with E-state index in [2.05, 4.69) is 23.4 Å². The van der Waals surface area contributed by atoms with E-state index in [0.717, 1.165) is 11.3 Å². The third-order valence-corrected chi connectivity index (χ3v) is 2.15. The standard InChI is InChI=1S/C14H12N2/c1-12-7-9-13(10-8-12)11-15-16-14-5-3-2-4-6-14/h2-10H,1H3. The van der Waals surface area contributed by atoms with E-state index in [1.807, 2.05) is 54.6 Å². The second-order valence-corrected chi connectivity index (χ2v) is 3.51. The zero-order valence-electron chi connectivity index (χ0n) is 9.09. The van der Waals surface area contributed by atoms with Gasteiger partial charge in [0, 0.05) is 0 Å². The van der Waals surface area contributed by atoms with Crippen LogP contribution in [-0.2, 0) is 0 Å². The topological polar surface area (TPSA) is 18.5 Å². The molecule has 78 valence electrons. The molecule has 0 aromatic heterocycles. The normalized spacial score (nSPS) is 9.06. The van der Waals surface area contributed by atoms with Gasteiger partial charge in [-0.05, 0) is 19.1 Å². The Hall–Kier alpha value is -2.27. The third kappa shape index (κ3) is 2.86. The number of hydrogen-bond acceptors (Lipinski definition) is 0. The smallest absolute Gasteiger partial charge is 0.278 e. The summed E-state index contributed by atoms with van der Waals surface area (Å²) in [5, 5.41) is 0. The van der Waals surface area contributed by atoms with Gasteiger partial charge in [-0.1, -0.05) is 58.7 Å². The second kappa shape index (κ2) is 4.99. The average molecular weight is 208 g/mol. The van der Waals surface area contributed by atoms with Crippen LogP contribution in [0.2, 0.25) is 0 Å². The van der Waals surface area contributed by atoms with Crippen molar-refractivity contribution in [2.75, 3.05) is 0 Å². The van der Waals surface area contributed by atoms with Crippen molar-refractivity contribution in [3.05, 3.63) is 76.1 Å². The average Bonchev–Trinajstić information content (AvgIpc) is 2.33. The highest BCUT2D eigenvalue weighted by molar-refractivity contribution is 5.50. The minimum atomic E-state index is 0.835. The highest BCUT2D eigenvalue weighted by Gasteiger charge is 1.91. The molecule has 0 atom stereocenters. The molecule has 0 amide bonds. The van der Waals surface area contributed by atoms with E-state index in [-0.39, 0.29) is 0 Å². The fourth-order valence-electron chi connectivity index (χ4n) is 1.26. The maximum atomic E-state index is 4.04. The van der Waals surface area contributed by atoms with Gasteiger partial charge in [0.2, 0.25) is 0 Å². The number of hydrogen-bond donors (Lipinski definition) is 0. The second-order valence-electron chi connectivity index (χ2n) is 3.51. The van der Waals surface area contributed by atoms with Crippen LogP contribution in [0.5, 0.6) is 0 Å². The zero-order valence-corrected chi connectivity index (χ0v) is 9.09. The van der Waals surface area contributed by atoms with Crippen LogP contribution in [0.4, 0.5) is 5.69 Å². The number of benzene rings is 2. The summed E-state index contributed by atoms with van der Waals surface area (Å²) in [6, 6.07) is 20.5. The van der Waals surface area contributed by atoms with Crippen molar-refractivity contribution in [1.82, 2.24) is 0 Å². The quantitative estimate of drug-likeness (QED) is 0.622. The van der Waals surface area contributed by atoms with Crippen LogP contribution in [0.1, 0.15) is 11.1 Å². The Bertz CT molecular complexity index is 504. The maximum absolute atomic E-state index is 4.04. The molecule has 0 heterocycles.